The molecule has 3 unspecified atom stereocenters. The number of aliphatic carboxylic acids is 1. The molecule has 1 saturated carbocycles. The van der Waals surface area contributed by atoms with Gasteiger partial charge < -0.3 is 14.9 Å². The van der Waals surface area contributed by atoms with E-state index >= 15 is 0 Å². The molecule has 1 fully saturated rings. The molecule has 0 bridgehead atoms. The number of aryl methyl sites for hydroxylation is 2. The Morgan fingerprint density at radius 3 is 2.41 bits per heavy atom. The summed E-state index contributed by atoms with van der Waals surface area (Å²) in [5.41, 5.74) is 4.74. The van der Waals surface area contributed by atoms with E-state index in [4.69, 9.17) is 5.11 Å². The summed E-state index contributed by atoms with van der Waals surface area (Å²) in [5.74, 6) is -0.970. The molecule has 0 saturated heterocycles. The molecule has 4 rings (SSSR count). The minimum absolute atomic E-state index is 0.00560. The predicted octanol–water partition coefficient (Wildman–Crippen LogP) is 4.50. The number of carboxylic acids is 1. The van der Waals surface area contributed by atoms with E-state index in [1.807, 2.05) is 73.0 Å². The Bertz CT molecular complexity index is 1060. The molecule has 32 heavy (non-hydrogen) atoms. The fourth-order valence-corrected chi connectivity index (χ4v) is 5.12. The van der Waals surface area contributed by atoms with E-state index in [0.29, 0.717) is 12.1 Å². The van der Waals surface area contributed by atoms with Gasteiger partial charge in [0.25, 0.3) is 5.91 Å². The zero-order valence-electron chi connectivity index (χ0n) is 18.9. The summed E-state index contributed by atoms with van der Waals surface area (Å²) < 4.78 is 0. The van der Waals surface area contributed by atoms with Gasteiger partial charge in [-0.15, -0.1) is 0 Å². The van der Waals surface area contributed by atoms with Crippen molar-refractivity contribution >= 4 is 23.5 Å². The molecule has 168 valence electrons. The smallest absolute Gasteiger partial charge is 0.303 e. The second-order valence-corrected chi connectivity index (χ2v) is 8.86. The Balaban J connectivity index is 1.72. The summed E-state index contributed by atoms with van der Waals surface area (Å²) in [6, 6.07) is 13.6. The topological polar surface area (TPSA) is 77.9 Å². The van der Waals surface area contributed by atoms with Gasteiger partial charge in [0.2, 0.25) is 5.91 Å². The number of fused-ring (bicyclic) bond motifs is 2. The fourth-order valence-electron chi connectivity index (χ4n) is 5.12. The number of anilines is 1. The molecule has 6 nitrogen and oxygen atoms in total. The maximum Gasteiger partial charge on any atom is 0.303 e. The SMILES string of the molecule is CCN(C(=O)CCC(=O)O)C1c2ccccc2N(C(=O)c2ccc(C)c(C)c2)C2CCC12. The third kappa shape index (κ3) is 3.78. The molecular formula is C26H30N2O4. The summed E-state index contributed by atoms with van der Waals surface area (Å²) in [4.78, 5) is 41.4. The minimum Gasteiger partial charge on any atom is -0.481 e. The van der Waals surface area contributed by atoms with Gasteiger partial charge in [-0.1, -0.05) is 24.3 Å². The molecule has 1 aliphatic carbocycles. The van der Waals surface area contributed by atoms with Gasteiger partial charge in [0.05, 0.1) is 12.5 Å². The van der Waals surface area contributed by atoms with E-state index in [0.717, 1.165) is 35.2 Å². The van der Waals surface area contributed by atoms with Gasteiger partial charge in [-0.2, -0.15) is 0 Å². The Labute approximate surface area is 188 Å². The molecule has 6 heteroatoms. The summed E-state index contributed by atoms with van der Waals surface area (Å²) in [7, 11) is 0. The van der Waals surface area contributed by atoms with Crippen LogP contribution in [0.15, 0.2) is 42.5 Å². The molecule has 2 aromatic carbocycles. The van der Waals surface area contributed by atoms with Crippen molar-refractivity contribution in [3.8, 4) is 0 Å². The largest absolute Gasteiger partial charge is 0.481 e. The number of carbonyl (C=O) groups excluding carboxylic acids is 2. The lowest BCUT2D eigenvalue weighted by atomic mass is 9.67. The van der Waals surface area contributed by atoms with Crippen LogP contribution >= 0.6 is 0 Å². The lowest BCUT2D eigenvalue weighted by Crippen LogP contribution is -2.58. The fraction of sp³-hybridized carbons (Fsp3) is 0.423. The maximum absolute atomic E-state index is 13.7. The summed E-state index contributed by atoms with van der Waals surface area (Å²) >= 11 is 0. The van der Waals surface area contributed by atoms with E-state index in [2.05, 4.69) is 0 Å². The van der Waals surface area contributed by atoms with Crippen LogP contribution in [0.3, 0.4) is 0 Å². The molecule has 0 radical (unpaired) electrons. The van der Waals surface area contributed by atoms with Crippen molar-refractivity contribution in [3.05, 3.63) is 64.7 Å². The highest BCUT2D eigenvalue weighted by Crippen LogP contribution is 2.52. The summed E-state index contributed by atoms with van der Waals surface area (Å²) in [6.45, 7) is 6.49. The zero-order valence-corrected chi connectivity index (χ0v) is 18.9. The first-order chi connectivity index (χ1) is 15.3. The molecule has 1 aliphatic heterocycles. The number of benzene rings is 2. The van der Waals surface area contributed by atoms with Gasteiger partial charge in [-0.05, 0) is 68.5 Å². The number of nitrogens with zero attached hydrogens (tertiary/aromatic N) is 2. The van der Waals surface area contributed by atoms with E-state index in [1.165, 1.54) is 0 Å². The van der Waals surface area contributed by atoms with Crippen molar-refractivity contribution in [2.24, 2.45) is 5.92 Å². The lowest BCUT2D eigenvalue weighted by Gasteiger charge is -2.55. The first kappa shape index (κ1) is 22.1. The number of amides is 2. The predicted molar refractivity (Wildman–Crippen MR) is 123 cm³/mol. The van der Waals surface area contributed by atoms with Crippen molar-refractivity contribution in [2.45, 2.75) is 58.5 Å². The van der Waals surface area contributed by atoms with Crippen molar-refractivity contribution in [1.82, 2.24) is 4.90 Å². The molecule has 3 atom stereocenters. The van der Waals surface area contributed by atoms with Crippen molar-refractivity contribution in [2.75, 3.05) is 11.4 Å². The van der Waals surface area contributed by atoms with Crippen LogP contribution in [0.25, 0.3) is 0 Å². The summed E-state index contributed by atoms with van der Waals surface area (Å²) in [6.07, 6.45) is 1.65. The summed E-state index contributed by atoms with van der Waals surface area (Å²) in [5, 5.41) is 9.02. The van der Waals surface area contributed by atoms with Crippen LogP contribution in [0.5, 0.6) is 0 Å². The molecule has 1 N–H and O–H groups in total. The second kappa shape index (κ2) is 8.77. The molecule has 1 heterocycles. The Morgan fingerprint density at radius 2 is 1.78 bits per heavy atom. The average molecular weight is 435 g/mol. The minimum atomic E-state index is -0.967. The Morgan fingerprint density at radius 1 is 1.03 bits per heavy atom. The second-order valence-electron chi connectivity index (χ2n) is 8.86. The monoisotopic (exact) mass is 434 g/mol. The highest BCUT2D eigenvalue weighted by molar-refractivity contribution is 6.07. The highest BCUT2D eigenvalue weighted by atomic mass is 16.4. The number of para-hydroxylation sites is 1. The number of hydrogen-bond donors (Lipinski definition) is 1. The van der Waals surface area contributed by atoms with Gasteiger partial charge in [0.15, 0.2) is 0 Å². The van der Waals surface area contributed by atoms with E-state index < -0.39 is 5.97 Å². The Kier molecular flexibility index (Phi) is 6.04. The maximum atomic E-state index is 13.7. The van der Waals surface area contributed by atoms with E-state index in [-0.39, 0.29) is 42.7 Å². The normalized spacial score (nSPS) is 21.2. The van der Waals surface area contributed by atoms with Crippen LogP contribution in [0.4, 0.5) is 5.69 Å². The van der Waals surface area contributed by atoms with Crippen LogP contribution in [-0.2, 0) is 9.59 Å². The molecule has 2 amide bonds. The van der Waals surface area contributed by atoms with E-state index in [1.54, 1.807) is 0 Å². The van der Waals surface area contributed by atoms with Crippen molar-refractivity contribution in [3.63, 3.8) is 0 Å². The van der Waals surface area contributed by atoms with Crippen molar-refractivity contribution < 1.29 is 19.5 Å². The van der Waals surface area contributed by atoms with Crippen molar-refractivity contribution in [1.29, 1.82) is 0 Å². The molecule has 0 aromatic heterocycles. The first-order valence-electron chi connectivity index (χ1n) is 11.3. The lowest BCUT2D eigenvalue weighted by molar-refractivity contribution is -0.142. The quantitative estimate of drug-likeness (QED) is 0.726. The standard InChI is InChI=1S/C26H30N2O4/c1-4-27(23(29)13-14-24(30)31)25-19-7-5-6-8-21(19)28(22-12-11-20(22)25)26(32)18-10-9-16(2)17(3)15-18/h5-10,15,20,22,25H,4,11-14H2,1-3H3,(H,30,31). The third-order valence-corrected chi connectivity index (χ3v) is 7.06. The average Bonchev–Trinajstić information content (AvgIpc) is 2.75. The van der Waals surface area contributed by atoms with Crippen LogP contribution in [0.2, 0.25) is 0 Å². The molecular weight excluding hydrogens is 404 g/mol. The van der Waals surface area contributed by atoms with Gasteiger partial charge >= 0.3 is 5.97 Å². The number of rotatable bonds is 6. The van der Waals surface area contributed by atoms with Crippen LogP contribution in [0, 0.1) is 19.8 Å². The van der Waals surface area contributed by atoms with Gasteiger partial charge in [-0.25, -0.2) is 0 Å². The molecule has 0 spiro atoms. The van der Waals surface area contributed by atoms with Crippen LogP contribution < -0.4 is 4.90 Å². The van der Waals surface area contributed by atoms with Gasteiger partial charge in [0, 0.05) is 36.2 Å². The Hall–Kier alpha value is -3.15. The number of carboxylic acid groups (broad SMARTS) is 1. The zero-order chi connectivity index (χ0) is 23.0. The molecule has 2 aromatic rings. The third-order valence-electron chi connectivity index (χ3n) is 7.06. The van der Waals surface area contributed by atoms with Crippen LogP contribution in [0.1, 0.15) is 65.7 Å². The van der Waals surface area contributed by atoms with Gasteiger partial charge in [-0.3, -0.25) is 14.4 Å². The van der Waals surface area contributed by atoms with E-state index in [9.17, 15) is 14.4 Å². The number of hydrogen-bond acceptors (Lipinski definition) is 3. The molecule has 2 aliphatic rings. The number of carbonyl (C=O) groups is 3. The first-order valence-corrected chi connectivity index (χ1v) is 11.3. The van der Waals surface area contributed by atoms with Gasteiger partial charge in [0.1, 0.15) is 0 Å². The van der Waals surface area contributed by atoms with Crippen LogP contribution in [-0.4, -0.2) is 40.4 Å². The highest BCUT2D eigenvalue weighted by Gasteiger charge is 2.50.